The average Bonchev–Trinajstić information content (AvgIpc) is 3.13. The van der Waals surface area contributed by atoms with E-state index < -0.39 is 0 Å². The van der Waals surface area contributed by atoms with Crippen LogP contribution in [0.5, 0.6) is 0 Å². The van der Waals surface area contributed by atoms with Gasteiger partial charge in [0.05, 0.1) is 5.69 Å². The van der Waals surface area contributed by atoms with Crippen molar-refractivity contribution in [2.75, 3.05) is 4.90 Å². The van der Waals surface area contributed by atoms with E-state index in [0.717, 1.165) is 16.7 Å². The summed E-state index contributed by atoms with van der Waals surface area (Å²) in [6.07, 6.45) is 5.68. The summed E-state index contributed by atoms with van der Waals surface area (Å²) in [6.45, 7) is 9.49. The quantitative estimate of drug-likeness (QED) is 0.597. The fourth-order valence-electron chi connectivity index (χ4n) is 5.46. The Morgan fingerprint density at radius 2 is 2.00 bits per heavy atom. The first kappa shape index (κ1) is 14.3. The number of nitrogens with zero attached hydrogens (tertiary/aromatic N) is 2. The van der Waals surface area contributed by atoms with Gasteiger partial charge in [-0.1, -0.05) is 19.1 Å². The van der Waals surface area contributed by atoms with Gasteiger partial charge in [-0.05, 0) is 63.1 Å². The molecule has 1 aliphatic heterocycles. The van der Waals surface area contributed by atoms with Crippen molar-refractivity contribution in [3.8, 4) is 0 Å². The van der Waals surface area contributed by atoms with Crippen LogP contribution in [0, 0.1) is 12.3 Å². The molecule has 0 radical (unpaired) electrons. The highest BCUT2D eigenvalue weighted by molar-refractivity contribution is 6.08. The molecule has 1 saturated heterocycles. The molecule has 0 N–H and O–H groups in total. The van der Waals surface area contributed by atoms with E-state index in [1.165, 1.54) is 35.9 Å². The molecule has 5 rings (SSSR count). The van der Waals surface area contributed by atoms with Crippen molar-refractivity contribution < 1.29 is 4.42 Å². The number of rotatable bonds is 1. The van der Waals surface area contributed by atoms with Gasteiger partial charge in [-0.25, -0.2) is 4.98 Å². The molecule has 2 bridgehead atoms. The summed E-state index contributed by atoms with van der Waals surface area (Å²) in [6, 6.07) is 9.05. The first-order chi connectivity index (χ1) is 11.4. The van der Waals surface area contributed by atoms with Gasteiger partial charge >= 0.3 is 0 Å². The highest BCUT2D eigenvalue weighted by Gasteiger charge is 2.59. The van der Waals surface area contributed by atoms with Crippen LogP contribution in [0.15, 0.2) is 34.9 Å². The second-order valence-electron chi connectivity index (χ2n) is 8.44. The number of fused-ring (bicyclic) bond motifs is 5. The van der Waals surface area contributed by atoms with Crippen molar-refractivity contribution in [2.24, 2.45) is 5.41 Å². The van der Waals surface area contributed by atoms with E-state index in [-0.39, 0.29) is 5.54 Å². The Hall–Kier alpha value is -2.03. The van der Waals surface area contributed by atoms with Crippen molar-refractivity contribution >= 4 is 27.8 Å². The van der Waals surface area contributed by atoms with Crippen LogP contribution in [0.4, 0.5) is 5.69 Å². The second kappa shape index (κ2) is 4.33. The third-order valence-corrected chi connectivity index (χ3v) is 6.83. The minimum Gasteiger partial charge on any atom is -0.436 e. The van der Waals surface area contributed by atoms with Crippen molar-refractivity contribution in [1.29, 1.82) is 0 Å². The van der Waals surface area contributed by atoms with E-state index >= 15 is 0 Å². The van der Waals surface area contributed by atoms with Crippen LogP contribution in [0.25, 0.3) is 22.1 Å². The van der Waals surface area contributed by atoms with Crippen molar-refractivity contribution in [1.82, 2.24) is 4.98 Å². The number of aromatic nitrogens is 1. The molecule has 3 heteroatoms. The van der Waals surface area contributed by atoms with E-state index in [9.17, 15) is 0 Å². The Bertz CT molecular complexity index is 975. The summed E-state index contributed by atoms with van der Waals surface area (Å²) in [5, 5.41) is 2.30. The molecular weight excluding hydrogens is 296 g/mol. The van der Waals surface area contributed by atoms with E-state index in [1.54, 1.807) is 6.20 Å². The molecule has 2 aliphatic rings. The van der Waals surface area contributed by atoms with Gasteiger partial charge in [-0.3, -0.25) is 0 Å². The smallest absolute Gasteiger partial charge is 0.227 e. The van der Waals surface area contributed by atoms with Gasteiger partial charge in [-0.2, -0.15) is 0 Å². The maximum Gasteiger partial charge on any atom is 0.227 e. The Morgan fingerprint density at radius 3 is 2.75 bits per heavy atom. The highest BCUT2D eigenvalue weighted by atomic mass is 16.3. The zero-order valence-electron chi connectivity index (χ0n) is 14.9. The van der Waals surface area contributed by atoms with Crippen molar-refractivity contribution in [3.63, 3.8) is 0 Å². The fraction of sp³-hybridized carbons (Fsp3) is 0.476. The molecular formula is C21H24N2O. The number of anilines is 1. The number of benzene rings is 1. The van der Waals surface area contributed by atoms with Crippen LogP contribution in [0.2, 0.25) is 0 Å². The van der Waals surface area contributed by atoms with Crippen LogP contribution < -0.4 is 4.90 Å². The summed E-state index contributed by atoms with van der Waals surface area (Å²) in [5.41, 5.74) is 4.98. The van der Waals surface area contributed by atoms with E-state index in [2.05, 4.69) is 55.8 Å². The highest BCUT2D eigenvalue weighted by Crippen LogP contribution is 2.60. The SMILES string of the molecule is Cc1ccc2c(oc3ncccc32)c1N1C(C)C2(C)CCC1(C)C2. The summed E-state index contributed by atoms with van der Waals surface area (Å²) in [7, 11) is 0. The normalized spacial score (nSPS) is 32.3. The maximum absolute atomic E-state index is 6.26. The lowest BCUT2D eigenvalue weighted by atomic mass is 9.82. The first-order valence-corrected chi connectivity index (χ1v) is 8.99. The van der Waals surface area contributed by atoms with Gasteiger partial charge in [0.15, 0.2) is 5.58 Å². The van der Waals surface area contributed by atoms with E-state index in [4.69, 9.17) is 4.42 Å². The predicted molar refractivity (Wildman–Crippen MR) is 98.6 cm³/mol. The molecule has 0 amide bonds. The van der Waals surface area contributed by atoms with Gasteiger partial charge in [0.25, 0.3) is 0 Å². The number of hydrogen-bond acceptors (Lipinski definition) is 3. The summed E-state index contributed by atoms with van der Waals surface area (Å²) >= 11 is 0. The number of hydrogen-bond donors (Lipinski definition) is 0. The van der Waals surface area contributed by atoms with Gasteiger partial charge < -0.3 is 9.32 Å². The molecule has 3 aromatic rings. The van der Waals surface area contributed by atoms with E-state index in [0.29, 0.717) is 11.5 Å². The minimum atomic E-state index is 0.236. The first-order valence-electron chi connectivity index (χ1n) is 8.99. The van der Waals surface area contributed by atoms with Gasteiger partial charge in [0, 0.05) is 28.6 Å². The molecule has 1 aliphatic carbocycles. The monoisotopic (exact) mass is 320 g/mol. The predicted octanol–water partition coefficient (Wildman–Crippen LogP) is 5.45. The molecule has 3 atom stereocenters. The van der Waals surface area contributed by atoms with Crippen LogP contribution in [0.1, 0.15) is 45.6 Å². The number of piperidine rings is 1. The van der Waals surface area contributed by atoms with Crippen molar-refractivity contribution in [2.45, 2.75) is 58.5 Å². The van der Waals surface area contributed by atoms with Crippen LogP contribution >= 0.6 is 0 Å². The Labute approximate surface area is 142 Å². The molecule has 124 valence electrons. The number of aryl methyl sites for hydroxylation is 1. The zero-order valence-corrected chi connectivity index (χ0v) is 14.9. The Balaban J connectivity index is 1.82. The Morgan fingerprint density at radius 1 is 1.17 bits per heavy atom. The standard InChI is InChI=1S/C21H24N2O/c1-13-7-8-15-16-6-5-11-22-19(16)24-18(15)17(13)23-14(2)20(3)9-10-21(23,4)12-20/h5-8,11,14H,9-10,12H2,1-4H3. The van der Waals surface area contributed by atoms with Crippen molar-refractivity contribution in [3.05, 3.63) is 36.0 Å². The van der Waals surface area contributed by atoms with Crippen LogP contribution in [0.3, 0.4) is 0 Å². The van der Waals surface area contributed by atoms with Gasteiger partial charge in [0.1, 0.15) is 0 Å². The topological polar surface area (TPSA) is 29.3 Å². The maximum atomic E-state index is 6.26. The molecule has 3 heterocycles. The van der Waals surface area contributed by atoms with Gasteiger partial charge in [0.2, 0.25) is 5.71 Å². The molecule has 2 fully saturated rings. The van der Waals surface area contributed by atoms with E-state index in [1.807, 2.05) is 6.07 Å². The largest absolute Gasteiger partial charge is 0.436 e. The minimum absolute atomic E-state index is 0.236. The van der Waals surface area contributed by atoms with Crippen LogP contribution in [-0.2, 0) is 0 Å². The number of pyridine rings is 1. The summed E-state index contributed by atoms with van der Waals surface area (Å²) in [5.74, 6) is 0. The van der Waals surface area contributed by atoms with Gasteiger partial charge in [-0.15, -0.1) is 0 Å². The second-order valence-corrected chi connectivity index (χ2v) is 8.44. The lowest BCUT2D eigenvalue weighted by molar-refractivity contribution is 0.290. The molecule has 3 unspecified atom stereocenters. The number of furan rings is 1. The lowest BCUT2D eigenvalue weighted by Gasteiger charge is -2.44. The van der Waals surface area contributed by atoms with Crippen LogP contribution in [-0.4, -0.2) is 16.6 Å². The average molecular weight is 320 g/mol. The molecule has 0 spiro atoms. The molecule has 1 aromatic carbocycles. The summed E-state index contributed by atoms with van der Waals surface area (Å²) in [4.78, 5) is 7.09. The molecule has 2 aromatic heterocycles. The third kappa shape index (κ3) is 1.60. The Kier molecular flexibility index (Phi) is 2.58. The zero-order chi connectivity index (χ0) is 16.7. The third-order valence-electron chi connectivity index (χ3n) is 6.83. The summed E-state index contributed by atoms with van der Waals surface area (Å²) < 4.78 is 6.26. The fourth-order valence-corrected chi connectivity index (χ4v) is 5.46. The molecule has 1 saturated carbocycles. The molecule has 3 nitrogen and oxygen atoms in total. The molecule has 24 heavy (non-hydrogen) atoms. The lowest BCUT2D eigenvalue weighted by Crippen LogP contribution is -2.49.